The first kappa shape index (κ1) is 13.7. The molecule has 0 radical (unpaired) electrons. The van der Waals surface area contributed by atoms with Crippen LogP contribution in [0.2, 0.25) is 5.02 Å². The number of hydrogen-bond acceptors (Lipinski definition) is 3. The lowest BCUT2D eigenvalue weighted by Crippen LogP contribution is -2.13. The summed E-state index contributed by atoms with van der Waals surface area (Å²) >= 11 is 6.04. The smallest absolute Gasteiger partial charge is 0.170 e. The van der Waals surface area contributed by atoms with Crippen molar-refractivity contribution in [2.75, 3.05) is 0 Å². The van der Waals surface area contributed by atoms with Crippen LogP contribution in [-0.4, -0.2) is 20.5 Å². The monoisotopic (exact) mass is 277 g/mol. The van der Waals surface area contributed by atoms with Gasteiger partial charge in [0.1, 0.15) is 12.2 Å². The van der Waals surface area contributed by atoms with Crippen LogP contribution in [0.5, 0.6) is 0 Å². The van der Waals surface area contributed by atoms with Gasteiger partial charge in [-0.25, -0.2) is 9.67 Å². The first-order chi connectivity index (χ1) is 8.99. The molecule has 19 heavy (non-hydrogen) atoms. The molecule has 0 N–H and O–H groups in total. The maximum absolute atomic E-state index is 12.2. The number of benzene rings is 1. The lowest BCUT2D eigenvalue weighted by molar-refractivity contribution is 0.0989. The van der Waals surface area contributed by atoms with Crippen molar-refractivity contribution in [2.24, 2.45) is 0 Å². The molecule has 0 spiro atoms. The predicted molar refractivity (Wildman–Crippen MR) is 74.6 cm³/mol. The molecule has 0 aliphatic rings. The number of ketones is 1. The van der Waals surface area contributed by atoms with Crippen LogP contribution < -0.4 is 0 Å². The van der Waals surface area contributed by atoms with Gasteiger partial charge in [0.25, 0.3) is 0 Å². The molecule has 2 rings (SSSR count). The van der Waals surface area contributed by atoms with Gasteiger partial charge in [-0.1, -0.05) is 23.7 Å². The highest BCUT2D eigenvalue weighted by Crippen LogP contribution is 2.18. The van der Waals surface area contributed by atoms with Crippen molar-refractivity contribution in [1.82, 2.24) is 14.8 Å². The fourth-order valence-electron chi connectivity index (χ4n) is 1.84. The zero-order chi connectivity index (χ0) is 14.0. The van der Waals surface area contributed by atoms with Crippen molar-refractivity contribution in [3.63, 3.8) is 0 Å². The minimum Gasteiger partial charge on any atom is -0.294 e. The normalized spacial score (nSPS) is 11.0. The Hall–Kier alpha value is -1.68. The van der Waals surface area contributed by atoms with Gasteiger partial charge in [-0.15, -0.1) is 0 Å². The van der Waals surface area contributed by atoms with Crippen LogP contribution in [0.3, 0.4) is 0 Å². The minimum absolute atomic E-state index is 0.00296. The van der Waals surface area contributed by atoms with E-state index in [-0.39, 0.29) is 18.2 Å². The van der Waals surface area contributed by atoms with E-state index >= 15 is 0 Å². The quantitative estimate of drug-likeness (QED) is 0.806. The zero-order valence-electron chi connectivity index (χ0n) is 11.2. The largest absolute Gasteiger partial charge is 0.294 e. The van der Waals surface area contributed by atoms with E-state index in [1.54, 1.807) is 16.8 Å². The highest BCUT2D eigenvalue weighted by atomic mass is 35.5. The molecule has 1 aromatic carbocycles. The lowest BCUT2D eigenvalue weighted by atomic mass is 10.1. The van der Waals surface area contributed by atoms with Crippen molar-refractivity contribution < 1.29 is 4.79 Å². The van der Waals surface area contributed by atoms with E-state index in [1.165, 1.54) is 6.33 Å². The Morgan fingerprint density at radius 2 is 2.16 bits per heavy atom. The zero-order valence-corrected chi connectivity index (χ0v) is 12.0. The number of halogens is 1. The predicted octanol–water partition coefficient (Wildman–Crippen LogP) is 3.25. The Morgan fingerprint density at radius 3 is 2.79 bits per heavy atom. The van der Waals surface area contributed by atoms with Gasteiger partial charge in [0.2, 0.25) is 0 Å². The van der Waals surface area contributed by atoms with Crippen molar-refractivity contribution >= 4 is 17.4 Å². The summed E-state index contributed by atoms with van der Waals surface area (Å²) in [7, 11) is 0. The van der Waals surface area contributed by atoms with Crippen molar-refractivity contribution in [1.29, 1.82) is 0 Å². The molecular weight excluding hydrogens is 262 g/mol. The van der Waals surface area contributed by atoms with Crippen molar-refractivity contribution in [2.45, 2.75) is 33.2 Å². The Morgan fingerprint density at radius 1 is 1.42 bits per heavy atom. The number of aromatic nitrogens is 3. The molecule has 0 unspecified atom stereocenters. The second-order valence-corrected chi connectivity index (χ2v) is 5.19. The van der Waals surface area contributed by atoms with E-state index in [0.717, 1.165) is 5.56 Å². The molecule has 100 valence electrons. The summed E-state index contributed by atoms with van der Waals surface area (Å²) in [5.74, 6) is 0.675. The second kappa shape index (κ2) is 5.53. The van der Waals surface area contributed by atoms with Gasteiger partial charge in [0.15, 0.2) is 5.78 Å². The molecule has 1 heterocycles. The summed E-state index contributed by atoms with van der Waals surface area (Å²) in [5.41, 5.74) is 1.57. The van der Waals surface area contributed by atoms with Gasteiger partial charge < -0.3 is 0 Å². The molecule has 0 fully saturated rings. The van der Waals surface area contributed by atoms with Crippen LogP contribution in [0.15, 0.2) is 24.5 Å². The van der Waals surface area contributed by atoms with Gasteiger partial charge in [-0.3, -0.25) is 4.79 Å². The Kier molecular flexibility index (Phi) is 4.00. The number of Topliss-reactive ketones (excluding diaryl/α,β-unsaturated/α-hetero) is 1. The van der Waals surface area contributed by atoms with Crippen molar-refractivity contribution in [3.05, 3.63) is 46.5 Å². The van der Waals surface area contributed by atoms with Crippen LogP contribution >= 0.6 is 11.6 Å². The van der Waals surface area contributed by atoms with Gasteiger partial charge in [0, 0.05) is 16.6 Å². The molecule has 0 amide bonds. The minimum atomic E-state index is -0.00296. The van der Waals surface area contributed by atoms with Crippen LogP contribution in [0.4, 0.5) is 0 Å². The van der Waals surface area contributed by atoms with Gasteiger partial charge in [-0.2, -0.15) is 5.10 Å². The van der Waals surface area contributed by atoms with Gasteiger partial charge in [0.05, 0.1) is 6.42 Å². The summed E-state index contributed by atoms with van der Waals surface area (Å²) in [6.45, 7) is 5.92. The van der Waals surface area contributed by atoms with E-state index in [9.17, 15) is 4.79 Å². The summed E-state index contributed by atoms with van der Waals surface area (Å²) in [5, 5.41) is 4.73. The number of carbonyl (C=O) groups excluding carboxylic acids is 1. The summed E-state index contributed by atoms with van der Waals surface area (Å²) < 4.78 is 1.76. The van der Waals surface area contributed by atoms with Gasteiger partial charge in [-0.05, 0) is 32.4 Å². The van der Waals surface area contributed by atoms with E-state index < -0.39 is 0 Å². The maximum atomic E-state index is 12.2. The summed E-state index contributed by atoms with van der Waals surface area (Å²) in [6, 6.07) is 5.53. The summed E-state index contributed by atoms with van der Waals surface area (Å²) in [6.07, 6.45) is 1.71. The molecule has 0 bridgehead atoms. The number of rotatable bonds is 4. The van der Waals surface area contributed by atoms with Crippen LogP contribution in [0.25, 0.3) is 0 Å². The standard InChI is InChI=1S/C14H16ClN3O/c1-9(2)18-14(16-8-17-18)7-13(19)11-5-4-10(3)12(15)6-11/h4-6,8-9H,7H2,1-3H3. The maximum Gasteiger partial charge on any atom is 0.170 e. The summed E-state index contributed by atoms with van der Waals surface area (Å²) in [4.78, 5) is 16.4. The van der Waals surface area contributed by atoms with E-state index in [1.807, 2.05) is 26.8 Å². The Bertz CT molecular complexity index is 604. The van der Waals surface area contributed by atoms with Crippen LogP contribution in [0.1, 0.15) is 41.6 Å². The molecule has 0 atom stereocenters. The third-order valence-electron chi connectivity index (χ3n) is 2.95. The average Bonchev–Trinajstić information content (AvgIpc) is 2.80. The van der Waals surface area contributed by atoms with Crippen LogP contribution in [0, 0.1) is 6.92 Å². The average molecular weight is 278 g/mol. The Balaban J connectivity index is 2.21. The topological polar surface area (TPSA) is 47.8 Å². The highest BCUT2D eigenvalue weighted by Gasteiger charge is 2.14. The fraction of sp³-hybridized carbons (Fsp3) is 0.357. The molecule has 1 aromatic heterocycles. The van der Waals surface area contributed by atoms with E-state index in [4.69, 9.17) is 11.6 Å². The first-order valence-electron chi connectivity index (χ1n) is 6.16. The molecule has 5 heteroatoms. The number of hydrogen-bond donors (Lipinski definition) is 0. The molecule has 2 aromatic rings. The highest BCUT2D eigenvalue weighted by molar-refractivity contribution is 6.31. The molecule has 0 saturated carbocycles. The number of nitrogens with zero attached hydrogens (tertiary/aromatic N) is 3. The third-order valence-corrected chi connectivity index (χ3v) is 3.36. The van der Waals surface area contributed by atoms with Gasteiger partial charge >= 0.3 is 0 Å². The number of aryl methyl sites for hydroxylation is 1. The molecule has 0 aliphatic carbocycles. The molecule has 0 aliphatic heterocycles. The second-order valence-electron chi connectivity index (χ2n) is 4.78. The van der Waals surface area contributed by atoms with E-state index in [2.05, 4.69) is 10.1 Å². The number of carbonyl (C=O) groups is 1. The fourth-order valence-corrected chi connectivity index (χ4v) is 2.02. The molecular formula is C14H16ClN3O. The SMILES string of the molecule is Cc1ccc(C(=O)Cc2ncnn2C(C)C)cc1Cl. The van der Waals surface area contributed by atoms with E-state index in [0.29, 0.717) is 16.4 Å². The van der Waals surface area contributed by atoms with Crippen LogP contribution in [-0.2, 0) is 6.42 Å². The lowest BCUT2D eigenvalue weighted by Gasteiger charge is -2.09. The molecule has 0 saturated heterocycles. The first-order valence-corrected chi connectivity index (χ1v) is 6.54. The molecule has 4 nitrogen and oxygen atoms in total. The Labute approximate surface area is 117 Å². The third kappa shape index (κ3) is 3.01. The van der Waals surface area contributed by atoms with Crippen molar-refractivity contribution in [3.8, 4) is 0 Å².